The molecular weight excluding hydrogens is 432 g/mol. The molecule has 0 saturated carbocycles. The second-order valence-corrected chi connectivity index (χ2v) is 7.91. The van der Waals surface area contributed by atoms with Gasteiger partial charge in [0.1, 0.15) is 5.75 Å². The van der Waals surface area contributed by atoms with Crippen molar-refractivity contribution in [2.75, 3.05) is 20.2 Å². The standard InChI is InChI=1S/C23H23ClN4O4/c1-32-18-8-2-15(3-9-18)10-12-25-23(31)27-13-11-20-19(14-27)21(22(29)30)26-28(20)17-6-4-16(24)5-7-17/h2-9H,10-14H2,1H3,(H,25,31)(H,29,30). The van der Waals surface area contributed by atoms with Gasteiger partial charge in [-0.15, -0.1) is 0 Å². The van der Waals surface area contributed by atoms with E-state index >= 15 is 0 Å². The van der Waals surface area contributed by atoms with Gasteiger partial charge < -0.3 is 20.1 Å². The van der Waals surface area contributed by atoms with Crippen LogP contribution in [0.1, 0.15) is 27.3 Å². The number of fused-ring (bicyclic) bond motifs is 1. The molecule has 0 fully saturated rings. The first-order valence-electron chi connectivity index (χ1n) is 10.2. The number of nitrogens with zero attached hydrogens (tertiary/aromatic N) is 3. The molecule has 0 bridgehead atoms. The molecule has 0 spiro atoms. The van der Waals surface area contributed by atoms with Crippen molar-refractivity contribution >= 4 is 23.6 Å². The molecule has 3 aromatic rings. The topological polar surface area (TPSA) is 96.7 Å². The van der Waals surface area contributed by atoms with Crippen LogP contribution in [0.15, 0.2) is 48.5 Å². The lowest BCUT2D eigenvalue weighted by molar-refractivity contribution is 0.0687. The largest absolute Gasteiger partial charge is 0.497 e. The maximum absolute atomic E-state index is 12.7. The minimum absolute atomic E-state index is 0.0364. The highest BCUT2D eigenvalue weighted by atomic mass is 35.5. The van der Waals surface area contributed by atoms with E-state index in [1.54, 1.807) is 41.0 Å². The zero-order chi connectivity index (χ0) is 22.7. The lowest BCUT2D eigenvalue weighted by Crippen LogP contribution is -2.43. The highest BCUT2D eigenvalue weighted by Crippen LogP contribution is 2.26. The van der Waals surface area contributed by atoms with Crippen molar-refractivity contribution < 1.29 is 19.4 Å². The number of halogens is 1. The first-order chi connectivity index (χ1) is 15.5. The third-order valence-electron chi connectivity index (χ3n) is 5.47. The fourth-order valence-corrected chi connectivity index (χ4v) is 3.90. The summed E-state index contributed by atoms with van der Waals surface area (Å²) in [7, 11) is 1.62. The van der Waals surface area contributed by atoms with Gasteiger partial charge in [-0.2, -0.15) is 5.10 Å². The Morgan fingerprint density at radius 2 is 1.88 bits per heavy atom. The molecule has 1 aromatic heterocycles. The van der Waals surface area contributed by atoms with Crippen molar-refractivity contribution in [1.82, 2.24) is 20.0 Å². The molecule has 2 N–H and O–H groups in total. The maximum atomic E-state index is 12.7. The Balaban J connectivity index is 1.44. The summed E-state index contributed by atoms with van der Waals surface area (Å²) in [5.74, 6) is -0.328. The second-order valence-electron chi connectivity index (χ2n) is 7.47. The second kappa shape index (κ2) is 9.32. The molecule has 2 aromatic carbocycles. The Labute approximate surface area is 190 Å². The molecule has 2 heterocycles. The number of benzene rings is 2. The molecule has 0 aliphatic carbocycles. The Bertz CT molecular complexity index is 1130. The summed E-state index contributed by atoms with van der Waals surface area (Å²) in [6.45, 7) is 1.14. The number of carbonyl (C=O) groups is 2. The van der Waals surface area contributed by atoms with Gasteiger partial charge in [-0.1, -0.05) is 23.7 Å². The summed E-state index contributed by atoms with van der Waals surface area (Å²) >= 11 is 5.97. The molecule has 9 heteroatoms. The molecule has 8 nitrogen and oxygen atoms in total. The van der Waals surface area contributed by atoms with Crippen LogP contribution in [-0.2, 0) is 19.4 Å². The molecule has 1 aliphatic heterocycles. The Hall–Kier alpha value is -3.52. The predicted molar refractivity (Wildman–Crippen MR) is 120 cm³/mol. The van der Waals surface area contributed by atoms with Crippen LogP contribution in [0.2, 0.25) is 5.02 Å². The number of hydrogen-bond donors (Lipinski definition) is 2. The summed E-state index contributed by atoms with van der Waals surface area (Å²) in [6.07, 6.45) is 1.19. The van der Waals surface area contributed by atoms with Gasteiger partial charge in [-0.05, 0) is 48.4 Å². The summed E-state index contributed by atoms with van der Waals surface area (Å²) in [5, 5.41) is 17.5. The number of nitrogens with one attached hydrogen (secondary N) is 1. The summed E-state index contributed by atoms with van der Waals surface area (Å²) in [6, 6.07) is 14.5. The molecular formula is C23H23ClN4O4. The van der Waals surface area contributed by atoms with Gasteiger partial charge in [0.15, 0.2) is 5.69 Å². The van der Waals surface area contributed by atoms with E-state index in [4.69, 9.17) is 16.3 Å². The van der Waals surface area contributed by atoms with E-state index in [-0.39, 0.29) is 18.3 Å². The number of methoxy groups -OCH3 is 1. The fourth-order valence-electron chi connectivity index (χ4n) is 3.78. The lowest BCUT2D eigenvalue weighted by atomic mass is 10.1. The molecule has 1 aliphatic rings. The van der Waals surface area contributed by atoms with Crippen molar-refractivity contribution in [1.29, 1.82) is 0 Å². The van der Waals surface area contributed by atoms with Crippen molar-refractivity contribution in [2.45, 2.75) is 19.4 Å². The van der Waals surface area contributed by atoms with Crippen LogP contribution in [-0.4, -0.2) is 52.0 Å². The highest BCUT2D eigenvalue weighted by Gasteiger charge is 2.30. The van der Waals surface area contributed by atoms with Crippen LogP contribution < -0.4 is 10.1 Å². The molecule has 0 saturated heterocycles. The smallest absolute Gasteiger partial charge is 0.356 e. The van der Waals surface area contributed by atoms with Crippen LogP contribution in [0.3, 0.4) is 0 Å². The number of ether oxygens (including phenoxy) is 1. The monoisotopic (exact) mass is 454 g/mol. The van der Waals surface area contributed by atoms with Gasteiger partial charge in [0.25, 0.3) is 0 Å². The van der Waals surface area contributed by atoms with E-state index in [2.05, 4.69) is 10.4 Å². The average molecular weight is 455 g/mol. The number of carboxylic acids is 1. The fraction of sp³-hybridized carbons (Fsp3) is 0.261. The van der Waals surface area contributed by atoms with Gasteiger partial charge in [0.05, 0.1) is 25.0 Å². The van der Waals surface area contributed by atoms with E-state index < -0.39 is 5.97 Å². The third-order valence-corrected chi connectivity index (χ3v) is 5.72. The molecule has 0 unspecified atom stereocenters. The first-order valence-corrected chi connectivity index (χ1v) is 10.6. The first kappa shape index (κ1) is 21.7. The molecule has 166 valence electrons. The number of aromatic nitrogens is 2. The number of aromatic carboxylic acids is 1. The number of rotatable bonds is 6. The van der Waals surface area contributed by atoms with E-state index in [9.17, 15) is 14.7 Å². The van der Waals surface area contributed by atoms with Crippen LogP contribution >= 0.6 is 11.6 Å². The lowest BCUT2D eigenvalue weighted by Gasteiger charge is -2.28. The van der Waals surface area contributed by atoms with Crippen molar-refractivity contribution in [3.63, 3.8) is 0 Å². The highest BCUT2D eigenvalue weighted by molar-refractivity contribution is 6.30. The minimum Gasteiger partial charge on any atom is -0.497 e. The SMILES string of the molecule is COc1ccc(CCNC(=O)N2CCc3c(c(C(=O)O)nn3-c3ccc(Cl)cc3)C2)cc1. The Morgan fingerprint density at radius 1 is 1.16 bits per heavy atom. The van der Waals surface area contributed by atoms with Gasteiger partial charge in [0, 0.05) is 30.1 Å². The van der Waals surface area contributed by atoms with Crippen LogP contribution in [0.4, 0.5) is 4.79 Å². The third kappa shape index (κ3) is 4.55. The van der Waals surface area contributed by atoms with E-state index in [1.807, 2.05) is 24.3 Å². The van der Waals surface area contributed by atoms with Gasteiger partial charge in [-0.25, -0.2) is 14.3 Å². The number of carboxylic acid groups (broad SMARTS) is 1. The van der Waals surface area contributed by atoms with Crippen molar-refractivity contribution in [3.8, 4) is 11.4 Å². The number of hydrogen-bond acceptors (Lipinski definition) is 4. The van der Waals surface area contributed by atoms with Gasteiger partial charge >= 0.3 is 12.0 Å². The zero-order valence-electron chi connectivity index (χ0n) is 17.5. The molecule has 2 amide bonds. The molecule has 0 radical (unpaired) electrons. The average Bonchev–Trinajstić information content (AvgIpc) is 3.19. The molecule has 4 rings (SSSR count). The number of urea groups is 1. The summed E-state index contributed by atoms with van der Waals surface area (Å²) < 4.78 is 6.78. The Kier molecular flexibility index (Phi) is 6.32. The van der Waals surface area contributed by atoms with Crippen LogP contribution in [0, 0.1) is 0 Å². The summed E-state index contributed by atoms with van der Waals surface area (Å²) in [5.41, 5.74) is 3.14. The van der Waals surface area contributed by atoms with E-state index in [0.29, 0.717) is 36.5 Å². The molecule has 32 heavy (non-hydrogen) atoms. The predicted octanol–water partition coefficient (Wildman–Crippen LogP) is 3.54. The van der Waals surface area contributed by atoms with Gasteiger partial charge in [-0.3, -0.25) is 0 Å². The van der Waals surface area contributed by atoms with Crippen LogP contribution in [0.5, 0.6) is 5.75 Å². The van der Waals surface area contributed by atoms with E-state index in [1.165, 1.54) is 0 Å². The van der Waals surface area contributed by atoms with E-state index in [0.717, 1.165) is 22.7 Å². The zero-order valence-corrected chi connectivity index (χ0v) is 18.3. The normalized spacial score (nSPS) is 12.9. The van der Waals surface area contributed by atoms with Crippen molar-refractivity contribution in [3.05, 3.63) is 76.1 Å². The number of amides is 2. The maximum Gasteiger partial charge on any atom is 0.356 e. The van der Waals surface area contributed by atoms with Gasteiger partial charge in [0.2, 0.25) is 0 Å². The Morgan fingerprint density at radius 3 is 2.53 bits per heavy atom. The summed E-state index contributed by atoms with van der Waals surface area (Å²) in [4.78, 5) is 26.1. The minimum atomic E-state index is -1.12. The van der Waals surface area contributed by atoms with Crippen molar-refractivity contribution in [2.24, 2.45) is 0 Å². The molecule has 0 atom stereocenters. The number of carbonyl (C=O) groups excluding carboxylic acids is 1. The van der Waals surface area contributed by atoms with Crippen LogP contribution in [0.25, 0.3) is 5.69 Å². The quantitative estimate of drug-likeness (QED) is 0.593.